The molecular formula is C11H6F3N3O3. The van der Waals surface area contributed by atoms with Crippen molar-refractivity contribution in [3.05, 3.63) is 46.5 Å². The molecule has 0 aliphatic heterocycles. The molecule has 0 atom stereocenters. The zero-order chi connectivity index (χ0) is 14.3. The highest BCUT2D eigenvalue weighted by atomic mass is 19.4. The Morgan fingerprint density at radius 2 is 2.00 bits per heavy atom. The number of benzene rings is 1. The van der Waals surface area contributed by atoms with Crippen LogP contribution in [0.3, 0.4) is 0 Å². The maximum absolute atomic E-state index is 12.3. The number of hydrogen-bond acceptors (Lipinski definition) is 5. The third kappa shape index (κ3) is 2.06. The number of hydrogen-bond donors (Lipinski definition) is 0. The molecule has 3 rings (SSSR count). The van der Waals surface area contributed by atoms with Gasteiger partial charge in [-0.1, -0.05) is 17.3 Å². The van der Waals surface area contributed by atoms with E-state index in [-0.39, 0.29) is 12.4 Å². The van der Waals surface area contributed by atoms with Crippen molar-refractivity contribution in [2.75, 3.05) is 0 Å². The lowest BCUT2D eigenvalue weighted by Gasteiger charge is -1.97. The van der Waals surface area contributed by atoms with Gasteiger partial charge in [0.05, 0.1) is 12.1 Å². The highest BCUT2D eigenvalue weighted by Crippen LogP contribution is 2.27. The second kappa shape index (κ2) is 4.22. The van der Waals surface area contributed by atoms with E-state index in [0.29, 0.717) is 11.1 Å². The van der Waals surface area contributed by atoms with Gasteiger partial charge in [-0.3, -0.25) is 4.57 Å². The molecule has 9 heteroatoms. The molecule has 0 spiro atoms. The van der Waals surface area contributed by atoms with E-state index in [0.717, 1.165) is 4.57 Å². The summed E-state index contributed by atoms with van der Waals surface area (Å²) in [7, 11) is 0. The van der Waals surface area contributed by atoms with E-state index in [1.807, 2.05) is 0 Å². The minimum absolute atomic E-state index is 0.258. The Morgan fingerprint density at radius 3 is 2.70 bits per heavy atom. The van der Waals surface area contributed by atoms with E-state index >= 15 is 0 Å². The Hall–Kier alpha value is -2.58. The van der Waals surface area contributed by atoms with Crippen molar-refractivity contribution >= 4 is 11.1 Å². The van der Waals surface area contributed by atoms with Crippen molar-refractivity contribution in [2.24, 2.45) is 0 Å². The smallest absolute Gasteiger partial charge is 0.408 e. The van der Waals surface area contributed by atoms with Crippen LogP contribution in [0.4, 0.5) is 13.2 Å². The van der Waals surface area contributed by atoms with Gasteiger partial charge in [-0.05, 0) is 12.1 Å². The number of oxazole rings is 1. The fourth-order valence-corrected chi connectivity index (χ4v) is 1.74. The molecule has 0 aliphatic rings. The summed E-state index contributed by atoms with van der Waals surface area (Å²) in [5, 5.41) is 3.20. The number of nitrogens with zero attached hydrogens (tertiary/aromatic N) is 3. The Morgan fingerprint density at radius 1 is 1.25 bits per heavy atom. The van der Waals surface area contributed by atoms with Crippen LogP contribution < -0.4 is 5.76 Å². The predicted octanol–water partition coefficient (Wildman–Crippen LogP) is 2.04. The van der Waals surface area contributed by atoms with Crippen LogP contribution in [-0.4, -0.2) is 14.7 Å². The third-order valence-corrected chi connectivity index (χ3v) is 2.58. The second-order valence-electron chi connectivity index (χ2n) is 3.94. The Kier molecular flexibility index (Phi) is 2.63. The van der Waals surface area contributed by atoms with Crippen molar-refractivity contribution in [1.82, 2.24) is 14.7 Å². The lowest BCUT2D eigenvalue weighted by Crippen LogP contribution is -2.16. The Balaban J connectivity index is 1.99. The molecule has 0 fully saturated rings. The second-order valence-corrected chi connectivity index (χ2v) is 3.94. The van der Waals surface area contributed by atoms with E-state index in [2.05, 4.69) is 14.7 Å². The molecule has 0 N–H and O–H groups in total. The van der Waals surface area contributed by atoms with Crippen molar-refractivity contribution in [1.29, 1.82) is 0 Å². The highest BCUT2D eigenvalue weighted by Gasteiger charge is 2.38. The van der Waals surface area contributed by atoms with Gasteiger partial charge in [0.2, 0.25) is 0 Å². The summed E-state index contributed by atoms with van der Waals surface area (Å²) in [5.74, 6) is -2.41. The van der Waals surface area contributed by atoms with Gasteiger partial charge in [-0.25, -0.2) is 4.79 Å². The predicted molar refractivity (Wildman–Crippen MR) is 58.9 cm³/mol. The Labute approximate surface area is 108 Å². The lowest BCUT2D eigenvalue weighted by molar-refractivity contribution is -0.159. The van der Waals surface area contributed by atoms with Crippen LogP contribution in [0, 0.1) is 0 Å². The largest absolute Gasteiger partial charge is 0.471 e. The summed E-state index contributed by atoms with van der Waals surface area (Å²) < 4.78 is 47.2. The molecule has 0 unspecified atom stereocenters. The van der Waals surface area contributed by atoms with E-state index in [4.69, 9.17) is 4.42 Å². The molecule has 0 amide bonds. The quantitative estimate of drug-likeness (QED) is 0.720. The van der Waals surface area contributed by atoms with Crippen LogP contribution >= 0.6 is 0 Å². The molecule has 0 radical (unpaired) electrons. The number of aromatic nitrogens is 3. The van der Waals surface area contributed by atoms with Gasteiger partial charge in [0, 0.05) is 0 Å². The van der Waals surface area contributed by atoms with Gasteiger partial charge < -0.3 is 8.94 Å². The van der Waals surface area contributed by atoms with Crippen LogP contribution in [-0.2, 0) is 12.7 Å². The van der Waals surface area contributed by atoms with Gasteiger partial charge in [-0.2, -0.15) is 18.2 Å². The van der Waals surface area contributed by atoms with Crippen LogP contribution in [0.25, 0.3) is 11.1 Å². The first-order valence-electron chi connectivity index (χ1n) is 5.43. The van der Waals surface area contributed by atoms with Crippen LogP contribution in [0.5, 0.6) is 0 Å². The van der Waals surface area contributed by atoms with Crippen LogP contribution in [0.2, 0.25) is 0 Å². The summed E-state index contributed by atoms with van der Waals surface area (Å²) in [6.45, 7) is -0.268. The van der Waals surface area contributed by atoms with Crippen molar-refractivity contribution in [2.45, 2.75) is 12.7 Å². The summed E-state index contributed by atoms with van der Waals surface area (Å²) in [6.07, 6.45) is -4.71. The lowest BCUT2D eigenvalue weighted by atomic mass is 10.3. The molecule has 0 bridgehead atoms. The molecule has 3 aromatic rings. The summed E-state index contributed by atoms with van der Waals surface area (Å²) in [5.41, 5.74) is 0.771. The normalized spacial score (nSPS) is 12.2. The van der Waals surface area contributed by atoms with Gasteiger partial charge in [0.1, 0.15) is 0 Å². The molecule has 2 aromatic heterocycles. The van der Waals surface area contributed by atoms with Gasteiger partial charge >= 0.3 is 17.8 Å². The van der Waals surface area contributed by atoms with E-state index in [9.17, 15) is 18.0 Å². The van der Waals surface area contributed by atoms with E-state index < -0.39 is 17.8 Å². The average Bonchev–Trinajstić information content (AvgIpc) is 2.95. The first-order valence-corrected chi connectivity index (χ1v) is 5.43. The molecule has 6 nitrogen and oxygen atoms in total. The van der Waals surface area contributed by atoms with Crippen LogP contribution in [0.15, 0.2) is 38.0 Å². The van der Waals surface area contributed by atoms with Crippen molar-refractivity contribution < 1.29 is 22.1 Å². The van der Waals surface area contributed by atoms with E-state index in [1.165, 1.54) is 0 Å². The zero-order valence-electron chi connectivity index (χ0n) is 9.72. The standard InChI is InChI=1S/C11H6F3N3O3/c12-11(13,14)9-15-8(16-20-9)5-17-6-3-1-2-4-7(6)19-10(17)18/h1-4H,5H2. The monoisotopic (exact) mass is 285 g/mol. The topological polar surface area (TPSA) is 74.1 Å². The first kappa shape index (κ1) is 12.5. The zero-order valence-corrected chi connectivity index (χ0v) is 9.72. The fourth-order valence-electron chi connectivity index (χ4n) is 1.74. The third-order valence-electron chi connectivity index (χ3n) is 2.58. The summed E-state index contributed by atoms with van der Waals surface area (Å²) >= 11 is 0. The number of rotatable bonds is 2. The fraction of sp³-hybridized carbons (Fsp3) is 0.182. The van der Waals surface area contributed by atoms with E-state index in [1.54, 1.807) is 24.3 Å². The average molecular weight is 285 g/mol. The number of halogens is 3. The molecule has 104 valence electrons. The highest BCUT2D eigenvalue weighted by molar-refractivity contribution is 5.72. The Bertz CT molecular complexity index is 815. The van der Waals surface area contributed by atoms with Crippen LogP contribution in [0.1, 0.15) is 11.7 Å². The molecule has 20 heavy (non-hydrogen) atoms. The molecule has 0 saturated heterocycles. The number of alkyl halides is 3. The summed E-state index contributed by atoms with van der Waals surface area (Å²) in [6, 6.07) is 6.52. The van der Waals surface area contributed by atoms with Crippen molar-refractivity contribution in [3.8, 4) is 0 Å². The molecule has 0 aliphatic carbocycles. The van der Waals surface area contributed by atoms with Gasteiger partial charge in [0.15, 0.2) is 11.4 Å². The first-order chi connectivity index (χ1) is 9.45. The van der Waals surface area contributed by atoms with Crippen molar-refractivity contribution in [3.63, 3.8) is 0 Å². The maximum atomic E-state index is 12.3. The maximum Gasteiger partial charge on any atom is 0.471 e. The SMILES string of the molecule is O=c1oc2ccccc2n1Cc1noc(C(F)(F)F)n1. The molecule has 0 saturated carbocycles. The summed E-state index contributed by atoms with van der Waals surface area (Å²) in [4.78, 5) is 14.8. The molecule has 1 aromatic carbocycles. The molecular weight excluding hydrogens is 279 g/mol. The van der Waals surface area contributed by atoms with Gasteiger partial charge in [-0.15, -0.1) is 0 Å². The minimum Gasteiger partial charge on any atom is -0.408 e. The minimum atomic E-state index is -4.71. The van der Waals surface area contributed by atoms with Gasteiger partial charge in [0.25, 0.3) is 0 Å². The molecule has 2 heterocycles. The number of fused-ring (bicyclic) bond motifs is 1. The number of para-hydroxylation sites is 2.